The summed E-state index contributed by atoms with van der Waals surface area (Å²) in [5.74, 6) is -0.109. The quantitative estimate of drug-likeness (QED) is 0.838. The number of para-hydroxylation sites is 1. The fourth-order valence-electron chi connectivity index (χ4n) is 2.26. The predicted octanol–water partition coefficient (Wildman–Crippen LogP) is 2.04. The maximum absolute atomic E-state index is 11.8. The van der Waals surface area contributed by atoms with Crippen LogP contribution in [-0.4, -0.2) is 18.6 Å². The average molecular weight is 248 g/mol. The van der Waals surface area contributed by atoms with Gasteiger partial charge in [-0.3, -0.25) is 4.79 Å². The number of benzene rings is 1. The molecule has 3 N–H and O–H groups in total. The highest BCUT2D eigenvalue weighted by Gasteiger charge is 2.16. The highest BCUT2D eigenvalue weighted by molar-refractivity contribution is 5.92. The Balaban J connectivity index is 1.82. The van der Waals surface area contributed by atoms with Gasteiger partial charge in [-0.25, -0.2) is 0 Å². The third-order valence-electron chi connectivity index (χ3n) is 3.26. The Hall–Kier alpha value is -1.39. The first-order valence-corrected chi connectivity index (χ1v) is 6.49. The van der Waals surface area contributed by atoms with E-state index in [2.05, 4.69) is 5.32 Å². The van der Waals surface area contributed by atoms with Gasteiger partial charge in [0.25, 0.3) is 0 Å². The van der Waals surface area contributed by atoms with Crippen LogP contribution in [0.3, 0.4) is 0 Å². The molecule has 1 aliphatic carbocycles. The standard InChI is InChI=1S/C14H20N2O2/c15-9-11-5-1-4-8-13(11)16-14(17)10-18-12-6-2-3-7-12/h1,4-5,8,12H,2-3,6-7,9-10,15H2,(H,16,17). The Morgan fingerprint density at radius 1 is 1.33 bits per heavy atom. The molecule has 1 fully saturated rings. The van der Waals surface area contributed by atoms with E-state index in [9.17, 15) is 4.79 Å². The van der Waals surface area contributed by atoms with Crippen molar-refractivity contribution in [2.75, 3.05) is 11.9 Å². The van der Waals surface area contributed by atoms with E-state index < -0.39 is 0 Å². The Morgan fingerprint density at radius 2 is 2.06 bits per heavy atom. The number of carbonyl (C=O) groups excluding carboxylic acids is 1. The zero-order chi connectivity index (χ0) is 12.8. The molecule has 0 aromatic heterocycles. The molecule has 98 valence electrons. The van der Waals surface area contributed by atoms with Gasteiger partial charge in [-0.1, -0.05) is 31.0 Å². The van der Waals surface area contributed by atoms with Crippen LogP contribution in [0.1, 0.15) is 31.2 Å². The second-order valence-corrected chi connectivity index (χ2v) is 4.63. The Morgan fingerprint density at radius 3 is 2.78 bits per heavy atom. The molecule has 2 rings (SSSR count). The van der Waals surface area contributed by atoms with Crippen LogP contribution in [0.15, 0.2) is 24.3 Å². The third-order valence-corrected chi connectivity index (χ3v) is 3.26. The maximum atomic E-state index is 11.8. The van der Waals surface area contributed by atoms with Crippen LogP contribution < -0.4 is 11.1 Å². The van der Waals surface area contributed by atoms with Gasteiger partial charge in [0.05, 0.1) is 6.10 Å². The van der Waals surface area contributed by atoms with Crippen LogP contribution in [-0.2, 0) is 16.1 Å². The summed E-state index contributed by atoms with van der Waals surface area (Å²) in [7, 11) is 0. The normalized spacial score (nSPS) is 15.8. The summed E-state index contributed by atoms with van der Waals surface area (Å²) in [5, 5.41) is 2.84. The molecule has 0 saturated heterocycles. The zero-order valence-electron chi connectivity index (χ0n) is 10.5. The van der Waals surface area contributed by atoms with Crippen LogP contribution in [0.25, 0.3) is 0 Å². The van der Waals surface area contributed by atoms with Crippen LogP contribution in [0.4, 0.5) is 5.69 Å². The van der Waals surface area contributed by atoms with Crippen molar-refractivity contribution in [3.63, 3.8) is 0 Å². The van der Waals surface area contributed by atoms with Crippen molar-refractivity contribution >= 4 is 11.6 Å². The molecule has 4 nitrogen and oxygen atoms in total. The van der Waals surface area contributed by atoms with E-state index in [4.69, 9.17) is 10.5 Å². The van der Waals surface area contributed by atoms with Gasteiger partial charge in [-0.15, -0.1) is 0 Å². The number of amides is 1. The average Bonchev–Trinajstić information content (AvgIpc) is 2.90. The molecule has 0 atom stereocenters. The van der Waals surface area contributed by atoms with Crippen molar-refractivity contribution in [3.8, 4) is 0 Å². The fraction of sp³-hybridized carbons (Fsp3) is 0.500. The molecular weight excluding hydrogens is 228 g/mol. The van der Waals surface area contributed by atoms with E-state index in [1.54, 1.807) is 0 Å². The van der Waals surface area contributed by atoms with Gasteiger partial charge in [-0.2, -0.15) is 0 Å². The molecule has 18 heavy (non-hydrogen) atoms. The van der Waals surface area contributed by atoms with Crippen LogP contribution in [0, 0.1) is 0 Å². The lowest BCUT2D eigenvalue weighted by Gasteiger charge is -2.12. The minimum absolute atomic E-state index is 0.109. The fourth-order valence-corrected chi connectivity index (χ4v) is 2.26. The van der Waals surface area contributed by atoms with E-state index in [1.807, 2.05) is 24.3 Å². The lowest BCUT2D eigenvalue weighted by Crippen LogP contribution is -2.22. The number of hydrogen-bond donors (Lipinski definition) is 2. The predicted molar refractivity (Wildman–Crippen MR) is 71.2 cm³/mol. The van der Waals surface area contributed by atoms with Gasteiger partial charge in [0.15, 0.2) is 0 Å². The van der Waals surface area contributed by atoms with Crippen molar-refractivity contribution < 1.29 is 9.53 Å². The van der Waals surface area contributed by atoms with Gasteiger partial charge in [0.1, 0.15) is 6.61 Å². The number of rotatable bonds is 5. The van der Waals surface area contributed by atoms with Gasteiger partial charge in [-0.05, 0) is 24.5 Å². The van der Waals surface area contributed by atoms with E-state index >= 15 is 0 Å². The SMILES string of the molecule is NCc1ccccc1NC(=O)COC1CCCC1. The summed E-state index contributed by atoms with van der Waals surface area (Å²) >= 11 is 0. The first kappa shape index (κ1) is 13.1. The summed E-state index contributed by atoms with van der Waals surface area (Å²) < 4.78 is 5.57. The number of nitrogens with two attached hydrogens (primary N) is 1. The van der Waals surface area contributed by atoms with Crippen LogP contribution in [0.2, 0.25) is 0 Å². The summed E-state index contributed by atoms with van der Waals surface area (Å²) in [5.41, 5.74) is 7.33. The van der Waals surface area contributed by atoms with E-state index in [1.165, 1.54) is 12.8 Å². The molecule has 0 spiro atoms. The number of anilines is 1. The Labute approximate surface area is 108 Å². The molecule has 4 heteroatoms. The Kier molecular flexibility index (Phi) is 4.73. The summed E-state index contributed by atoms with van der Waals surface area (Å²) in [4.78, 5) is 11.8. The van der Waals surface area contributed by atoms with E-state index in [-0.39, 0.29) is 18.6 Å². The van der Waals surface area contributed by atoms with Crippen molar-refractivity contribution in [1.29, 1.82) is 0 Å². The molecule has 0 radical (unpaired) electrons. The van der Waals surface area contributed by atoms with Gasteiger partial charge in [0.2, 0.25) is 5.91 Å². The van der Waals surface area contributed by atoms with Crippen molar-refractivity contribution in [3.05, 3.63) is 29.8 Å². The molecule has 1 aromatic rings. The zero-order valence-corrected chi connectivity index (χ0v) is 10.5. The summed E-state index contributed by atoms with van der Waals surface area (Å²) in [6.07, 6.45) is 4.84. The minimum atomic E-state index is -0.109. The second kappa shape index (κ2) is 6.52. The van der Waals surface area contributed by atoms with Crippen molar-refractivity contribution in [2.24, 2.45) is 5.73 Å². The minimum Gasteiger partial charge on any atom is -0.368 e. The number of nitrogens with one attached hydrogen (secondary N) is 1. The maximum Gasteiger partial charge on any atom is 0.250 e. The molecule has 0 heterocycles. The second-order valence-electron chi connectivity index (χ2n) is 4.63. The largest absolute Gasteiger partial charge is 0.368 e. The van der Waals surface area contributed by atoms with Crippen LogP contribution >= 0.6 is 0 Å². The smallest absolute Gasteiger partial charge is 0.250 e. The Bertz CT molecular complexity index is 401. The molecule has 1 amide bonds. The van der Waals surface area contributed by atoms with Gasteiger partial charge < -0.3 is 15.8 Å². The monoisotopic (exact) mass is 248 g/mol. The van der Waals surface area contributed by atoms with Crippen molar-refractivity contribution in [1.82, 2.24) is 0 Å². The van der Waals surface area contributed by atoms with Gasteiger partial charge >= 0.3 is 0 Å². The molecule has 1 aliphatic rings. The number of hydrogen-bond acceptors (Lipinski definition) is 3. The number of carbonyl (C=O) groups is 1. The highest BCUT2D eigenvalue weighted by atomic mass is 16.5. The summed E-state index contributed by atoms with van der Waals surface area (Å²) in [6.45, 7) is 0.545. The van der Waals surface area contributed by atoms with Crippen LogP contribution in [0.5, 0.6) is 0 Å². The number of ether oxygens (including phenoxy) is 1. The highest BCUT2D eigenvalue weighted by Crippen LogP contribution is 2.21. The first-order valence-electron chi connectivity index (χ1n) is 6.49. The molecular formula is C14H20N2O2. The van der Waals surface area contributed by atoms with Crippen molar-refractivity contribution in [2.45, 2.75) is 38.3 Å². The van der Waals surface area contributed by atoms with E-state index in [0.29, 0.717) is 6.54 Å². The molecule has 1 aromatic carbocycles. The summed E-state index contributed by atoms with van der Waals surface area (Å²) in [6, 6.07) is 7.56. The lowest BCUT2D eigenvalue weighted by molar-refractivity contribution is -0.122. The lowest BCUT2D eigenvalue weighted by atomic mass is 10.2. The molecule has 0 aliphatic heterocycles. The molecule has 0 unspecified atom stereocenters. The van der Waals surface area contributed by atoms with E-state index in [0.717, 1.165) is 24.1 Å². The third kappa shape index (κ3) is 3.55. The molecule has 1 saturated carbocycles. The topological polar surface area (TPSA) is 64.3 Å². The van der Waals surface area contributed by atoms with Gasteiger partial charge in [0, 0.05) is 12.2 Å². The molecule has 0 bridgehead atoms. The first-order chi connectivity index (χ1) is 8.79.